The molecule has 1 aromatic carbocycles. The van der Waals surface area contributed by atoms with Gasteiger partial charge < -0.3 is 5.11 Å². The zero-order chi connectivity index (χ0) is 16.4. The third-order valence-corrected chi connectivity index (χ3v) is 5.31. The maximum absolute atomic E-state index is 13.0. The van der Waals surface area contributed by atoms with E-state index in [2.05, 4.69) is 16.8 Å². The Morgan fingerprint density at radius 1 is 1.39 bits per heavy atom. The number of hydrogen-bond donors (Lipinski definition) is 1. The van der Waals surface area contributed by atoms with Crippen LogP contribution in [-0.4, -0.2) is 33.5 Å². The Labute approximate surface area is 138 Å². The molecule has 1 aromatic heterocycles. The fraction of sp³-hybridized carbons (Fsp3) is 0.412. The van der Waals surface area contributed by atoms with Gasteiger partial charge in [-0.2, -0.15) is 0 Å². The fourth-order valence-electron chi connectivity index (χ4n) is 2.91. The average molecular weight is 334 g/mol. The molecule has 0 spiro atoms. The zero-order valence-electron chi connectivity index (χ0n) is 12.9. The van der Waals surface area contributed by atoms with Gasteiger partial charge in [0, 0.05) is 30.1 Å². The van der Waals surface area contributed by atoms with E-state index in [0.717, 1.165) is 29.1 Å². The summed E-state index contributed by atoms with van der Waals surface area (Å²) in [7, 11) is 0. The molecule has 4 nitrogen and oxygen atoms in total. The van der Waals surface area contributed by atoms with Gasteiger partial charge in [0.2, 0.25) is 0 Å². The maximum Gasteiger partial charge on any atom is 0.307 e. The molecular weight excluding hydrogens is 315 g/mol. The Hall–Kier alpha value is -1.79. The van der Waals surface area contributed by atoms with Crippen molar-refractivity contribution >= 4 is 17.3 Å². The van der Waals surface area contributed by atoms with E-state index in [1.165, 1.54) is 23.5 Å². The molecule has 1 fully saturated rings. The van der Waals surface area contributed by atoms with E-state index >= 15 is 0 Å². The van der Waals surface area contributed by atoms with Gasteiger partial charge in [0.1, 0.15) is 10.8 Å². The molecule has 2 unspecified atom stereocenters. The predicted molar refractivity (Wildman–Crippen MR) is 87.7 cm³/mol. The molecule has 1 saturated heterocycles. The second-order valence-electron chi connectivity index (χ2n) is 6.04. The van der Waals surface area contributed by atoms with E-state index in [1.54, 1.807) is 12.1 Å². The van der Waals surface area contributed by atoms with Crippen LogP contribution in [0.4, 0.5) is 4.39 Å². The quantitative estimate of drug-likeness (QED) is 0.927. The zero-order valence-corrected chi connectivity index (χ0v) is 13.7. The standard InChI is InChI=1S/C17H19FN2O2S/c1-11-2-3-13(17(21)22)8-20(11)9-15-10-23-16(19-15)12-4-6-14(18)7-5-12/h4-7,10-11,13H,2-3,8-9H2,1H3,(H,21,22). The third-order valence-electron chi connectivity index (χ3n) is 4.37. The number of carboxylic acid groups (broad SMARTS) is 1. The summed E-state index contributed by atoms with van der Waals surface area (Å²) >= 11 is 1.53. The highest BCUT2D eigenvalue weighted by Crippen LogP contribution is 2.27. The summed E-state index contributed by atoms with van der Waals surface area (Å²) in [5.41, 5.74) is 1.84. The second-order valence-corrected chi connectivity index (χ2v) is 6.90. The van der Waals surface area contributed by atoms with Gasteiger partial charge in [-0.05, 0) is 44.0 Å². The van der Waals surface area contributed by atoms with E-state index in [9.17, 15) is 14.3 Å². The summed E-state index contributed by atoms with van der Waals surface area (Å²) < 4.78 is 13.0. The molecule has 0 saturated carbocycles. The van der Waals surface area contributed by atoms with Crippen LogP contribution in [0, 0.1) is 11.7 Å². The van der Waals surface area contributed by atoms with Crippen LogP contribution in [0.15, 0.2) is 29.6 Å². The van der Waals surface area contributed by atoms with Crippen molar-refractivity contribution in [3.8, 4) is 10.6 Å². The molecule has 6 heteroatoms. The van der Waals surface area contributed by atoms with Crippen molar-refractivity contribution in [2.75, 3.05) is 6.54 Å². The number of carboxylic acids is 1. The van der Waals surface area contributed by atoms with Gasteiger partial charge in [-0.25, -0.2) is 9.37 Å². The molecule has 0 radical (unpaired) electrons. The van der Waals surface area contributed by atoms with Gasteiger partial charge in [-0.3, -0.25) is 9.69 Å². The van der Waals surface area contributed by atoms with Gasteiger partial charge in [-0.15, -0.1) is 11.3 Å². The number of benzene rings is 1. The summed E-state index contributed by atoms with van der Waals surface area (Å²) in [6.45, 7) is 3.36. The Morgan fingerprint density at radius 2 is 2.13 bits per heavy atom. The average Bonchev–Trinajstić information content (AvgIpc) is 2.98. The lowest BCUT2D eigenvalue weighted by Gasteiger charge is -2.35. The summed E-state index contributed by atoms with van der Waals surface area (Å²) in [6.07, 6.45) is 1.64. The number of carbonyl (C=O) groups is 1. The van der Waals surface area contributed by atoms with E-state index in [1.807, 2.05) is 5.38 Å². The molecule has 3 rings (SSSR count). The molecule has 2 atom stereocenters. The molecule has 122 valence electrons. The van der Waals surface area contributed by atoms with Crippen LogP contribution in [0.3, 0.4) is 0 Å². The summed E-state index contributed by atoms with van der Waals surface area (Å²) in [5, 5.41) is 12.1. The number of aromatic nitrogens is 1. The minimum absolute atomic E-state index is 0.257. The molecule has 0 bridgehead atoms. The van der Waals surface area contributed by atoms with Crippen LogP contribution in [-0.2, 0) is 11.3 Å². The van der Waals surface area contributed by atoms with Crippen molar-refractivity contribution in [1.82, 2.24) is 9.88 Å². The minimum Gasteiger partial charge on any atom is -0.481 e. The minimum atomic E-state index is -0.716. The van der Waals surface area contributed by atoms with Crippen LogP contribution in [0.1, 0.15) is 25.5 Å². The Morgan fingerprint density at radius 3 is 2.83 bits per heavy atom. The highest BCUT2D eigenvalue weighted by molar-refractivity contribution is 7.13. The summed E-state index contributed by atoms with van der Waals surface area (Å²) in [5.74, 6) is -1.26. The molecular formula is C17H19FN2O2S. The first kappa shape index (κ1) is 16.1. The number of likely N-dealkylation sites (tertiary alicyclic amines) is 1. The van der Waals surface area contributed by atoms with Gasteiger partial charge in [0.05, 0.1) is 11.6 Å². The van der Waals surface area contributed by atoms with Gasteiger partial charge in [0.15, 0.2) is 0 Å². The molecule has 1 N–H and O–H groups in total. The van der Waals surface area contributed by atoms with Crippen LogP contribution in [0.25, 0.3) is 10.6 Å². The molecule has 1 aliphatic heterocycles. The van der Waals surface area contributed by atoms with Crippen molar-refractivity contribution in [3.63, 3.8) is 0 Å². The molecule has 1 aliphatic rings. The van der Waals surface area contributed by atoms with Crippen LogP contribution in [0.2, 0.25) is 0 Å². The SMILES string of the molecule is CC1CCC(C(=O)O)CN1Cc1csc(-c2ccc(F)cc2)n1. The van der Waals surface area contributed by atoms with Crippen molar-refractivity contribution in [3.05, 3.63) is 41.2 Å². The fourth-order valence-corrected chi connectivity index (χ4v) is 3.73. The second kappa shape index (κ2) is 6.76. The number of nitrogens with zero attached hydrogens (tertiary/aromatic N) is 2. The first-order valence-corrected chi connectivity index (χ1v) is 8.58. The maximum atomic E-state index is 13.0. The number of piperidine rings is 1. The van der Waals surface area contributed by atoms with E-state index in [4.69, 9.17) is 0 Å². The molecule has 0 amide bonds. The smallest absolute Gasteiger partial charge is 0.307 e. The van der Waals surface area contributed by atoms with Crippen molar-refractivity contribution in [2.45, 2.75) is 32.4 Å². The largest absolute Gasteiger partial charge is 0.481 e. The first-order valence-electron chi connectivity index (χ1n) is 7.70. The topological polar surface area (TPSA) is 53.4 Å². The summed E-state index contributed by atoms with van der Waals surface area (Å²) in [4.78, 5) is 18.0. The summed E-state index contributed by atoms with van der Waals surface area (Å²) in [6, 6.07) is 6.67. The number of halogens is 1. The Balaban J connectivity index is 1.70. The molecule has 23 heavy (non-hydrogen) atoms. The number of hydrogen-bond acceptors (Lipinski definition) is 4. The number of thiazole rings is 1. The van der Waals surface area contributed by atoms with Crippen LogP contribution >= 0.6 is 11.3 Å². The predicted octanol–water partition coefficient (Wildman–Crippen LogP) is 3.63. The van der Waals surface area contributed by atoms with Gasteiger partial charge >= 0.3 is 5.97 Å². The van der Waals surface area contributed by atoms with Gasteiger partial charge in [0.25, 0.3) is 0 Å². The molecule has 2 heterocycles. The van der Waals surface area contributed by atoms with E-state index in [0.29, 0.717) is 19.1 Å². The lowest BCUT2D eigenvalue weighted by molar-refractivity contribution is -0.144. The molecule has 2 aromatic rings. The lowest BCUT2D eigenvalue weighted by Crippen LogP contribution is -2.43. The van der Waals surface area contributed by atoms with Crippen molar-refractivity contribution in [2.24, 2.45) is 5.92 Å². The monoisotopic (exact) mass is 334 g/mol. The van der Waals surface area contributed by atoms with E-state index in [-0.39, 0.29) is 11.7 Å². The number of rotatable bonds is 4. The Kier molecular flexibility index (Phi) is 4.73. The molecule has 0 aliphatic carbocycles. The normalized spacial score (nSPS) is 22.2. The first-order chi connectivity index (χ1) is 11.0. The third kappa shape index (κ3) is 3.76. The van der Waals surface area contributed by atoms with Crippen molar-refractivity contribution in [1.29, 1.82) is 0 Å². The highest BCUT2D eigenvalue weighted by atomic mass is 32.1. The van der Waals surface area contributed by atoms with Crippen LogP contribution < -0.4 is 0 Å². The van der Waals surface area contributed by atoms with E-state index < -0.39 is 5.97 Å². The number of aliphatic carboxylic acids is 1. The highest BCUT2D eigenvalue weighted by Gasteiger charge is 2.29. The van der Waals surface area contributed by atoms with Gasteiger partial charge in [-0.1, -0.05) is 0 Å². The Bertz CT molecular complexity index is 686. The van der Waals surface area contributed by atoms with Crippen molar-refractivity contribution < 1.29 is 14.3 Å². The lowest BCUT2D eigenvalue weighted by atomic mass is 9.93. The van der Waals surface area contributed by atoms with Crippen LogP contribution in [0.5, 0.6) is 0 Å².